The Hall–Kier alpha value is -7.71. The quantitative estimate of drug-likeness (QED) is 0.0824. The van der Waals surface area contributed by atoms with Crippen LogP contribution in [0.4, 0.5) is 34.9 Å². The van der Waals surface area contributed by atoms with E-state index in [1.54, 1.807) is 59.5 Å². The molecule has 0 spiro atoms. The molecule has 0 saturated heterocycles. The molecule has 0 fully saturated rings. The molecule has 15 nitrogen and oxygen atoms in total. The lowest BCUT2D eigenvalue weighted by Crippen LogP contribution is -2.14. The second-order valence-corrected chi connectivity index (χ2v) is 44.6. The van der Waals surface area contributed by atoms with E-state index in [9.17, 15) is 0 Å². The Kier molecular flexibility index (Phi) is 43.9. The fraction of sp³-hybridized carbons (Fsp3) is 0.454. The number of aromatic nitrogens is 9. The smallest absolute Gasteiger partial charge is 0.142 e. The summed E-state index contributed by atoms with van der Waals surface area (Å²) >= 11 is 38.1. The minimum absolute atomic E-state index is 0.0265. The number of nitrogens with two attached hydrogens (primary N) is 6. The minimum Gasteiger partial charge on any atom is -0.384 e. The summed E-state index contributed by atoms with van der Waals surface area (Å²) in [6.45, 7) is 70.7. The third kappa shape index (κ3) is 43.9. The zero-order valence-electron chi connectivity index (χ0n) is 77.9. The van der Waals surface area contributed by atoms with E-state index in [0.717, 1.165) is 42.6 Å². The van der Waals surface area contributed by atoms with E-state index in [1.165, 1.54) is 27.8 Å². The molecule has 0 radical (unpaired) electrons. The van der Waals surface area contributed by atoms with Gasteiger partial charge in [0.1, 0.15) is 34.9 Å². The van der Waals surface area contributed by atoms with Gasteiger partial charge in [-0.05, 0) is 185 Å². The topological polar surface area (TPSA) is 272 Å². The second-order valence-electron chi connectivity index (χ2n) is 39.9. The first-order valence-electron chi connectivity index (χ1n) is 39.8. The van der Waals surface area contributed by atoms with Crippen LogP contribution >= 0.6 is 92.3 Å². The summed E-state index contributed by atoms with van der Waals surface area (Å²) < 4.78 is 1.80. The molecular weight excluding hydrogens is 1650 g/mol. The monoisotopic (exact) mass is 1790 g/mol. The molecule has 12 N–H and O–H groups in total. The molecule has 0 saturated carbocycles. The van der Waals surface area contributed by atoms with Crippen LogP contribution < -0.4 is 34.4 Å². The zero-order valence-corrected chi connectivity index (χ0v) is 84.1. The van der Waals surface area contributed by atoms with Gasteiger partial charge in [-0.2, -0.15) is 0 Å². The zero-order chi connectivity index (χ0) is 92.8. The first kappa shape index (κ1) is 110. The highest BCUT2D eigenvalue weighted by atomic mass is 35.5. The number of anilines is 6. The van der Waals surface area contributed by atoms with E-state index < -0.39 is 0 Å². The highest BCUT2D eigenvalue weighted by Crippen LogP contribution is 2.35. The van der Waals surface area contributed by atoms with Crippen molar-refractivity contribution in [2.45, 2.75) is 288 Å². The molecule has 0 aliphatic rings. The van der Waals surface area contributed by atoms with Crippen LogP contribution in [0.5, 0.6) is 0 Å². The van der Waals surface area contributed by atoms with E-state index in [-0.39, 0.29) is 59.6 Å². The summed E-state index contributed by atoms with van der Waals surface area (Å²) in [7, 11) is 0. The van der Waals surface area contributed by atoms with Crippen LogP contribution in [0.15, 0.2) is 182 Å². The van der Waals surface area contributed by atoms with E-state index in [2.05, 4.69) is 309 Å². The van der Waals surface area contributed by atoms with E-state index in [4.69, 9.17) is 104 Å². The highest BCUT2D eigenvalue weighted by Gasteiger charge is 2.23. The average molecular weight is 1790 g/mol. The second kappa shape index (κ2) is 47.8. The fourth-order valence-electron chi connectivity index (χ4n) is 9.19. The summed E-state index contributed by atoms with van der Waals surface area (Å²) in [4.78, 5) is 36.9. The summed E-state index contributed by atoms with van der Waals surface area (Å²) in [6, 6.07) is 39.0. The van der Waals surface area contributed by atoms with Gasteiger partial charge in [0.2, 0.25) is 0 Å². The van der Waals surface area contributed by atoms with Gasteiger partial charge in [0.15, 0.2) is 0 Å². The normalized spacial score (nSPS) is 11.7. The number of rotatable bonds is 0. The van der Waals surface area contributed by atoms with Gasteiger partial charge in [-0.25, -0.2) is 29.9 Å². The van der Waals surface area contributed by atoms with Gasteiger partial charge < -0.3 is 34.4 Å². The van der Waals surface area contributed by atoms with Crippen molar-refractivity contribution in [3.05, 3.63) is 272 Å². The van der Waals surface area contributed by atoms with Gasteiger partial charge in [-0.3, -0.25) is 15.0 Å². The molecule has 0 amide bonds. The van der Waals surface area contributed by atoms with Gasteiger partial charge >= 0.3 is 0 Å². The van der Waals surface area contributed by atoms with Crippen molar-refractivity contribution in [2.24, 2.45) is 0 Å². The lowest BCUT2D eigenvalue weighted by Gasteiger charge is -2.18. The molecule has 11 aromatic rings. The number of pyridine rings is 9. The Morgan fingerprint density at radius 2 is 0.667 bits per heavy atom. The molecule has 23 heteroatoms. The molecular formula is C97H141Cl6N15S2. The Labute approximate surface area is 760 Å². The molecule has 11 heterocycles. The summed E-state index contributed by atoms with van der Waals surface area (Å²) in [6.07, 6.45) is 14.6. The summed E-state index contributed by atoms with van der Waals surface area (Å²) in [5.74, 6) is 2.78. The van der Waals surface area contributed by atoms with Gasteiger partial charge in [0.25, 0.3) is 0 Å². The number of nitrogen functional groups attached to an aromatic ring is 6. The van der Waals surface area contributed by atoms with Crippen molar-refractivity contribution in [3.63, 3.8) is 0 Å². The number of hydrogen-bond donors (Lipinski definition) is 6. The van der Waals surface area contributed by atoms with Crippen LogP contribution in [0.25, 0.3) is 0 Å². The van der Waals surface area contributed by atoms with E-state index >= 15 is 0 Å². The lowest BCUT2D eigenvalue weighted by molar-refractivity contribution is 0.569. The van der Waals surface area contributed by atoms with Crippen molar-refractivity contribution >= 4 is 127 Å². The molecule has 11 aromatic heterocycles. The van der Waals surface area contributed by atoms with Crippen LogP contribution in [-0.4, -0.2) is 44.9 Å². The van der Waals surface area contributed by atoms with Crippen molar-refractivity contribution in [1.29, 1.82) is 0 Å². The molecule has 0 aliphatic carbocycles. The molecule has 0 atom stereocenters. The van der Waals surface area contributed by atoms with Gasteiger partial charge in [0.05, 0.1) is 28.8 Å². The molecule has 0 aliphatic heterocycles. The maximum Gasteiger partial charge on any atom is 0.142 e. The third-order valence-corrected chi connectivity index (χ3v) is 20.8. The van der Waals surface area contributed by atoms with E-state index in [0.29, 0.717) is 55.0 Å². The van der Waals surface area contributed by atoms with Gasteiger partial charge in [-0.1, -0.05) is 322 Å². The number of thiophene rings is 2. The number of nitrogens with zero attached hydrogens (tertiary/aromatic N) is 9. The number of halogens is 6. The molecule has 0 unspecified atom stereocenters. The predicted octanol–water partition coefficient (Wildman–Crippen LogP) is 28.9. The Morgan fingerprint density at radius 1 is 0.258 bits per heavy atom. The fourth-order valence-corrected chi connectivity index (χ4v) is 12.2. The molecule has 120 heavy (non-hydrogen) atoms. The van der Waals surface area contributed by atoms with Crippen LogP contribution in [0, 0.1) is 0 Å². The third-order valence-electron chi connectivity index (χ3n) is 17.3. The van der Waals surface area contributed by atoms with Gasteiger partial charge in [-0.15, -0.1) is 22.7 Å². The largest absolute Gasteiger partial charge is 0.384 e. The van der Waals surface area contributed by atoms with Crippen LogP contribution in [0.3, 0.4) is 0 Å². The molecule has 11 rings (SSSR count). The Balaban J connectivity index is 0.000000660. The number of hydrogen-bond acceptors (Lipinski definition) is 17. The van der Waals surface area contributed by atoms with Crippen LogP contribution in [0.2, 0.25) is 28.8 Å². The van der Waals surface area contributed by atoms with Crippen LogP contribution in [0.1, 0.15) is 290 Å². The molecule has 0 aromatic carbocycles. The van der Waals surface area contributed by atoms with E-state index in [1.807, 2.05) is 109 Å². The van der Waals surface area contributed by atoms with Crippen molar-refractivity contribution in [1.82, 2.24) is 44.9 Å². The average Bonchev–Trinajstić information content (AvgIpc) is 0.917. The first-order valence-corrected chi connectivity index (χ1v) is 43.8. The highest BCUT2D eigenvalue weighted by molar-refractivity contribution is 7.14. The molecule has 0 bridgehead atoms. The Morgan fingerprint density at radius 3 is 0.925 bits per heavy atom. The standard InChI is InChI=1S/4C9H13ClN2.2C9H14N2.3C9H13N.2C8H11ClS/c2*1-9(2,3)6-4-7(10)8(11)12-5-6;2*1-9(2,3)7-5-4-6(10)8(11)12-7;1-9(2,3)7-4-5-8(10)11-6-7;1-9(2,3)7-5-4-6-8(10)11-7;1-9(2,3)8-4-6-10-7-5-8;1-9(2,3)8-5-4-6-10-7-8;1-9(2,3)8-6-4-5-7-10-8;1-8(2,3)6-4-7(9)10-5-6;1-8(2,3)6-4-5-10-7(6)9/h4*4-5H,1-3H3,(H2,11,12);2*4-6H,1-3H3,(H2,10,11);3*4-7H,1-3H3;2*4-5H,1-3H3. The van der Waals surface area contributed by atoms with Crippen molar-refractivity contribution in [3.8, 4) is 0 Å². The van der Waals surface area contributed by atoms with Gasteiger partial charge in [0, 0.05) is 94.0 Å². The van der Waals surface area contributed by atoms with Crippen molar-refractivity contribution < 1.29 is 0 Å². The van der Waals surface area contributed by atoms with Crippen LogP contribution in [-0.2, 0) is 59.6 Å². The maximum absolute atomic E-state index is 5.94. The molecule has 658 valence electrons. The lowest BCUT2D eigenvalue weighted by atomic mass is 9.88. The Bertz CT molecular complexity index is 4400. The first-order chi connectivity index (χ1) is 54.5. The predicted molar refractivity (Wildman–Crippen MR) is 529 cm³/mol. The minimum atomic E-state index is 0.0265. The summed E-state index contributed by atoms with van der Waals surface area (Å²) in [5, 5.41) is 6.24. The summed E-state index contributed by atoms with van der Waals surface area (Å²) in [5.41, 5.74) is 47.4. The SMILES string of the molecule is CC(C)(C)c1ccc(Cl)c(N)n1.CC(C)(C)c1ccc(Cl)c(N)n1.CC(C)(C)c1ccc(N)nc1.CC(C)(C)c1cccc(N)n1.CC(C)(C)c1ccccn1.CC(C)(C)c1cccnc1.CC(C)(C)c1ccncc1.CC(C)(C)c1ccsc1Cl.CC(C)(C)c1cnc(N)c(Cl)c1.CC(C)(C)c1cnc(N)c(Cl)c1.CC(C)(C)c1csc(Cl)c1. The maximum atomic E-state index is 5.94. The van der Waals surface area contributed by atoms with Crippen molar-refractivity contribution in [2.75, 3.05) is 34.4 Å².